The molecule has 8 heteroatoms. The summed E-state index contributed by atoms with van der Waals surface area (Å²) >= 11 is 0. The fourth-order valence-electron chi connectivity index (χ4n) is 2.53. The molecule has 1 heterocycles. The van der Waals surface area contributed by atoms with Crippen molar-refractivity contribution >= 4 is 23.4 Å². The first-order valence-corrected chi connectivity index (χ1v) is 7.21. The van der Waals surface area contributed by atoms with Crippen molar-refractivity contribution in [1.29, 1.82) is 0 Å². The van der Waals surface area contributed by atoms with Gasteiger partial charge in [0.25, 0.3) is 0 Å². The summed E-state index contributed by atoms with van der Waals surface area (Å²) in [5.74, 6) is -2.21. The zero-order valence-electron chi connectivity index (χ0n) is 13.3. The highest BCUT2D eigenvalue weighted by molar-refractivity contribution is 5.93. The van der Waals surface area contributed by atoms with E-state index in [1.54, 1.807) is 0 Å². The Balaban J connectivity index is 2.44. The SMILES string of the molecule is C=COc1c(O)cc2oc(-c3ccc(O)cc3O)c(N=C)c(=O)c2c1O. The molecule has 3 rings (SSSR count). The number of rotatable bonds is 4. The van der Waals surface area contributed by atoms with Crippen LogP contribution >= 0.6 is 0 Å². The molecule has 0 amide bonds. The van der Waals surface area contributed by atoms with Crippen LogP contribution in [0.2, 0.25) is 0 Å². The van der Waals surface area contributed by atoms with Crippen molar-refractivity contribution in [2.75, 3.05) is 0 Å². The second-order valence-electron chi connectivity index (χ2n) is 5.20. The van der Waals surface area contributed by atoms with Gasteiger partial charge >= 0.3 is 0 Å². The van der Waals surface area contributed by atoms with Crippen molar-refractivity contribution in [3.8, 4) is 40.1 Å². The lowest BCUT2D eigenvalue weighted by Gasteiger charge is -2.12. The quantitative estimate of drug-likeness (QED) is 0.417. The number of aliphatic imine (C=N–C) groups is 1. The van der Waals surface area contributed by atoms with Gasteiger partial charge in [-0.2, -0.15) is 0 Å². The fraction of sp³-hybridized carbons (Fsp3) is 0. The van der Waals surface area contributed by atoms with E-state index in [1.165, 1.54) is 12.1 Å². The van der Waals surface area contributed by atoms with Crippen molar-refractivity contribution in [2.24, 2.45) is 4.99 Å². The minimum absolute atomic E-state index is 0.0644. The molecule has 0 bridgehead atoms. The predicted octanol–water partition coefficient (Wildman–Crippen LogP) is 3.14. The van der Waals surface area contributed by atoms with Gasteiger partial charge in [0, 0.05) is 12.1 Å². The molecule has 0 radical (unpaired) electrons. The smallest absolute Gasteiger partial charge is 0.222 e. The highest BCUT2D eigenvalue weighted by atomic mass is 16.5. The number of hydrogen-bond donors (Lipinski definition) is 4. The molecule has 0 aliphatic carbocycles. The van der Waals surface area contributed by atoms with Crippen LogP contribution < -0.4 is 10.2 Å². The van der Waals surface area contributed by atoms with Crippen molar-refractivity contribution in [3.05, 3.63) is 47.3 Å². The standard InChI is InChI=1S/C18H13NO7/c1-3-25-18-11(22)7-12-13(16(18)24)15(23)14(19-2)17(26-12)9-5-4-8(20)6-10(9)21/h3-7,20-22,24H,1-2H2. The lowest BCUT2D eigenvalue weighted by Crippen LogP contribution is -2.04. The fourth-order valence-corrected chi connectivity index (χ4v) is 2.53. The van der Waals surface area contributed by atoms with E-state index in [0.29, 0.717) is 0 Å². The molecule has 132 valence electrons. The number of benzene rings is 2. The molecule has 0 unspecified atom stereocenters. The lowest BCUT2D eigenvalue weighted by atomic mass is 10.1. The van der Waals surface area contributed by atoms with E-state index in [2.05, 4.69) is 18.3 Å². The molecule has 0 saturated carbocycles. The Morgan fingerprint density at radius 3 is 2.46 bits per heavy atom. The van der Waals surface area contributed by atoms with E-state index in [-0.39, 0.29) is 45.2 Å². The molecule has 4 N–H and O–H groups in total. The number of hydrogen-bond acceptors (Lipinski definition) is 8. The third-order valence-corrected chi connectivity index (χ3v) is 3.65. The van der Waals surface area contributed by atoms with Crippen LogP contribution in [0.1, 0.15) is 0 Å². The molecule has 0 aliphatic heterocycles. The minimum Gasteiger partial charge on any atom is -0.508 e. The monoisotopic (exact) mass is 355 g/mol. The molecule has 0 fully saturated rings. The van der Waals surface area contributed by atoms with E-state index in [9.17, 15) is 25.2 Å². The number of phenols is 4. The van der Waals surface area contributed by atoms with Crippen LogP contribution in [0.15, 0.2) is 51.3 Å². The van der Waals surface area contributed by atoms with Gasteiger partial charge in [-0.15, -0.1) is 0 Å². The third kappa shape index (κ3) is 2.49. The van der Waals surface area contributed by atoms with E-state index in [1.807, 2.05) is 0 Å². The average Bonchev–Trinajstić information content (AvgIpc) is 2.58. The normalized spacial score (nSPS) is 10.6. The molecule has 2 aromatic carbocycles. The van der Waals surface area contributed by atoms with Gasteiger partial charge in [0.05, 0.1) is 11.8 Å². The predicted molar refractivity (Wildman–Crippen MR) is 94.6 cm³/mol. The van der Waals surface area contributed by atoms with Gasteiger partial charge in [0.2, 0.25) is 11.2 Å². The molecule has 8 nitrogen and oxygen atoms in total. The van der Waals surface area contributed by atoms with E-state index < -0.39 is 16.9 Å². The van der Waals surface area contributed by atoms with Crippen molar-refractivity contribution in [3.63, 3.8) is 0 Å². The Labute approximate surface area is 146 Å². The number of aromatic hydroxyl groups is 4. The largest absolute Gasteiger partial charge is 0.508 e. The van der Waals surface area contributed by atoms with Gasteiger partial charge in [-0.25, -0.2) is 0 Å². The molecule has 0 spiro atoms. The maximum absolute atomic E-state index is 12.8. The summed E-state index contributed by atoms with van der Waals surface area (Å²) in [7, 11) is 0. The van der Waals surface area contributed by atoms with Gasteiger partial charge in [0.15, 0.2) is 22.9 Å². The summed E-state index contributed by atoms with van der Waals surface area (Å²) < 4.78 is 10.5. The summed E-state index contributed by atoms with van der Waals surface area (Å²) in [6.45, 7) is 6.64. The Morgan fingerprint density at radius 1 is 1.12 bits per heavy atom. The Bertz CT molecular complexity index is 1110. The van der Waals surface area contributed by atoms with E-state index in [4.69, 9.17) is 9.15 Å². The third-order valence-electron chi connectivity index (χ3n) is 3.65. The van der Waals surface area contributed by atoms with Gasteiger partial charge in [-0.05, 0) is 18.9 Å². The van der Waals surface area contributed by atoms with Gasteiger partial charge in [0.1, 0.15) is 22.5 Å². The van der Waals surface area contributed by atoms with Crippen LogP contribution in [0.25, 0.3) is 22.3 Å². The zero-order chi connectivity index (χ0) is 19.0. The topological polar surface area (TPSA) is 133 Å². The van der Waals surface area contributed by atoms with Gasteiger partial charge in [-0.1, -0.05) is 6.58 Å². The molecular weight excluding hydrogens is 342 g/mol. The summed E-state index contributed by atoms with van der Waals surface area (Å²) in [5.41, 5.74) is -1.13. The average molecular weight is 355 g/mol. The summed E-state index contributed by atoms with van der Waals surface area (Å²) in [5, 5.41) is 39.4. The Hall–Kier alpha value is -3.94. The molecule has 26 heavy (non-hydrogen) atoms. The van der Waals surface area contributed by atoms with E-state index in [0.717, 1.165) is 18.4 Å². The second-order valence-corrected chi connectivity index (χ2v) is 5.20. The molecule has 1 aromatic heterocycles. The Morgan fingerprint density at radius 2 is 1.85 bits per heavy atom. The van der Waals surface area contributed by atoms with Crippen LogP contribution in [0.3, 0.4) is 0 Å². The second kappa shape index (κ2) is 6.17. The Kier molecular flexibility index (Phi) is 4.01. The zero-order valence-corrected chi connectivity index (χ0v) is 13.3. The highest BCUT2D eigenvalue weighted by Crippen LogP contribution is 2.44. The van der Waals surface area contributed by atoms with Crippen LogP contribution in [0.5, 0.6) is 28.7 Å². The van der Waals surface area contributed by atoms with Gasteiger partial charge < -0.3 is 29.6 Å². The highest BCUT2D eigenvalue weighted by Gasteiger charge is 2.23. The van der Waals surface area contributed by atoms with Crippen molar-refractivity contribution in [1.82, 2.24) is 0 Å². The van der Waals surface area contributed by atoms with E-state index >= 15 is 0 Å². The first-order valence-electron chi connectivity index (χ1n) is 7.21. The van der Waals surface area contributed by atoms with Crippen LogP contribution in [-0.2, 0) is 0 Å². The number of phenolic OH excluding ortho intramolecular Hbond substituents is 4. The lowest BCUT2D eigenvalue weighted by molar-refractivity contribution is 0.378. The maximum Gasteiger partial charge on any atom is 0.222 e. The van der Waals surface area contributed by atoms with Crippen molar-refractivity contribution < 1.29 is 29.6 Å². The van der Waals surface area contributed by atoms with Crippen LogP contribution in [0.4, 0.5) is 5.69 Å². The van der Waals surface area contributed by atoms with Crippen LogP contribution in [0, 0.1) is 0 Å². The summed E-state index contributed by atoms with van der Waals surface area (Å²) in [6.07, 6.45) is 0.970. The van der Waals surface area contributed by atoms with Gasteiger partial charge in [-0.3, -0.25) is 9.79 Å². The first-order chi connectivity index (χ1) is 12.4. The summed E-state index contributed by atoms with van der Waals surface area (Å²) in [4.78, 5) is 16.4. The molecule has 0 aliphatic rings. The van der Waals surface area contributed by atoms with Crippen molar-refractivity contribution in [2.45, 2.75) is 0 Å². The molecule has 0 atom stereocenters. The summed E-state index contributed by atoms with van der Waals surface area (Å²) in [6, 6.07) is 4.73. The number of fused-ring (bicyclic) bond motifs is 1. The number of nitrogens with zero attached hydrogens (tertiary/aromatic N) is 1. The molecule has 3 aromatic rings. The molecule has 0 saturated heterocycles. The van der Waals surface area contributed by atoms with Crippen LogP contribution in [-0.4, -0.2) is 27.1 Å². The maximum atomic E-state index is 12.8. The minimum atomic E-state index is -0.755. The first kappa shape index (κ1) is 16.9. The molecular formula is C18H13NO7. The number of ether oxygens (including phenoxy) is 1.